The number of hydrogen-bond donors (Lipinski definition) is 0. The highest BCUT2D eigenvalue weighted by Crippen LogP contribution is 2.29. The second-order valence-electron chi connectivity index (χ2n) is 6.69. The van der Waals surface area contributed by atoms with Gasteiger partial charge in [0, 0.05) is 0 Å². The second-order valence-corrected chi connectivity index (χ2v) is 6.69. The first-order chi connectivity index (χ1) is 11.3. The predicted octanol–water partition coefficient (Wildman–Crippen LogP) is 4.53. The molecule has 4 nitrogen and oxygen atoms in total. The molecule has 0 aliphatic heterocycles. The average Bonchev–Trinajstić information content (AvgIpc) is 2.54. The zero-order chi connectivity index (χ0) is 17.9. The zero-order valence-electron chi connectivity index (χ0n) is 15.1. The van der Waals surface area contributed by atoms with Crippen LogP contribution >= 0.6 is 0 Å². The van der Waals surface area contributed by atoms with Crippen LogP contribution in [0.1, 0.15) is 42.3 Å². The fraction of sp³-hybridized carbons (Fsp3) is 0.350. The van der Waals surface area contributed by atoms with Gasteiger partial charge in [-0.15, -0.1) is 0 Å². The number of hydrogen-bond acceptors (Lipinski definition) is 4. The topological polar surface area (TPSA) is 44.8 Å². The van der Waals surface area contributed by atoms with Gasteiger partial charge in [-0.05, 0) is 47.7 Å². The number of methoxy groups -OCH3 is 2. The van der Waals surface area contributed by atoms with Crippen LogP contribution in [0.25, 0.3) is 0 Å². The molecule has 0 aliphatic carbocycles. The van der Waals surface area contributed by atoms with E-state index in [0.29, 0.717) is 22.8 Å². The Kier molecular flexibility index (Phi) is 5.17. The van der Waals surface area contributed by atoms with E-state index in [0.717, 1.165) is 5.56 Å². The molecule has 0 saturated carbocycles. The molecule has 24 heavy (non-hydrogen) atoms. The van der Waals surface area contributed by atoms with Crippen LogP contribution in [0.15, 0.2) is 36.4 Å². The molecule has 4 heteroatoms. The first kappa shape index (κ1) is 17.9. The Bertz CT molecular complexity index is 742. The van der Waals surface area contributed by atoms with Gasteiger partial charge in [-0.3, -0.25) is 0 Å². The lowest BCUT2D eigenvalue weighted by Gasteiger charge is -2.20. The minimum atomic E-state index is -0.475. The number of esters is 1. The number of carbonyl (C=O) groups excluding carboxylic acids is 1. The van der Waals surface area contributed by atoms with Crippen LogP contribution in [-0.4, -0.2) is 20.2 Å². The van der Waals surface area contributed by atoms with Gasteiger partial charge < -0.3 is 14.2 Å². The van der Waals surface area contributed by atoms with Crippen LogP contribution in [-0.2, 0) is 5.41 Å². The summed E-state index contributed by atoms with van der Waals surface area (Å²) in [4.78, 5) is 12.5. The van der Waals surface area contributed by atoms with E-state index in [9.17, 15) is 4.79 Å². The zero-order valence-corrected chi connectivity index (χ0v) is 15.1. The van der Waals surface area contributed by atoms with E-state index in [1.54, 1.807) is 25.3 Å². The molecular weight excluding hydrogens is 304 g/mol. The van der Waals surface area contributed by atoms with Crippen molar-refractivity contribution in [3.8, 4) is 17.2 Å². The summed E-state index contributed by atoms with van der Waals surface area (Å²) in [5.74, 6) is 1.09. The molecule has 2 rings (SSSR count). The van der Waals surface area contributed by atoms with Crippen molar-refractivity contribution in [1.29, 1.82) is 0 Å². The van der Waals surface area contributed by atoms with E-state index in [-0.39, 0.29) is 5.41 Å². The van der Waals surface area contributed by atoms with E-state index in [2.05, 4.69) is 20.8 Å². The SMILES string of the molecule is COc1ccc(OC)c(C(=O)Oc2ccc(C(C)(C)C)cc2C)c1. The van der Waals surface area contributed by atoms with Crippen LogP contribution in [0, 0.1) is 6.92 Å². The highest BCUT2D eigenvalue weighted by molar-refractivity contribution is 5.94. The van der Waals surface area contributed by atoms with Crippen LogP contribution < -0.4 is 14.2 Å². The van der Waals surface area contributed by atoms with Gasteiger partial charge in [-0.1, -0.05) is 32.9 Å². The maximum atomic E-state index is 12.5. The van der Waals surface area contributed by atoms with Crippen LogP contribution in [0.4, 0.5) is 0 Å². The van der Waals surface area contributed by atoms with Crippen molar-refractivity contribution in [3.63, 3.8) is 0 Å². The van der Waals surface area contributed by atoms with Crippen molar-refractivity contribution in [2.24, 2.45) is 0 Å². The normalized spacial score (nSPS) is 11.1. The largest absolute Gasteiger partial charge is 0.497 e. The Hall–Kier alpha value is -2.49. The Labute approximate surface area is 143 Å². The van der Waals surface area contributed by atoms with E-state index < -0.39 is 5.97 Å². The van der Waals surface area contributed by atoms with Gasteiger partial charge >= 0.3 is 5.97 Å². The van der Waals surface area contributed by atoms with Gasteiger partial charge in [0.25, 0.3) is 0 Å². The fourth-order valence-corrected chi connectivity index (χ4v) is 2.36. The summed E-state index contributed by atoms with van der Waals surface area (Å²) in [6.45, 7) is 8.37. The first-order valence-electron chi connectivity index (χ1n) is 7.81. The van der Waals surface area contributed by atoms with E-state index >= 15 is 0 Å². The Morgan fingerprint density at radius 3 is 2.12 bits per heavy atom. The summed E-state index contributed by atoms with van der Waals surface area (Å²) in [5, 5.41) is 0. The lowest BCUT2D eigenvalue weighted by atomic mass is 9.86. The van der Waals surface area contributed by atoms with Crippen molar-refractivity contribution in [2.75, 3.05) is 14.2 Å². The van der Waals surface area contributed by atoms with Gasteiger partial charge in [0.05, 0.1) is 14.2 Å². The van der Waals surface area contributed by atoms with Crippen molar-refractivity contribution < 1.29 is 19.0 Å². The van der Waals surface area contributed by atoms with E-state index in [1.807, 2.05) is 25.1 Å². The Balaban J connectivity index is 2.30. The molecule has 0 heterocycles. The maximum Gasteiger partial charge on any atom is 0.347 e. The second kappa shape index (κ2) is 6.95. The van der Waals surface area contributed by atoms with E-state index in [1.165, 1.54) is 12.7 Å². The standard InChI is InChI=1S/C20H24O4/c1-13-11-14(20(2,3)4)7-9-17(13)24-19(21)16-12-15(22-5)8-10-18(16)23-6/h7-12H,1-6H3. The molecule has 0 aliphatic rings. The molecule has 0 unspecified atom stereocenters. The molecule has 0 N–H and O–H groups in total. The number of ether oxygens (including phenoxy) is 3. The molecule has 0 aromatic heterocycles. The molecule has 2 aromatic rings. The van der Waals surface area contributed by atoms with Crippen molar-refractivity contribution >= 4 is 5.97 Å². The lowest BCUT2D eigenvalue weighted by molar-refractivity contribution is 0.0729. The monoisotopic (exact) mass is 328 g/mol. The van der Waals surface area contributed by atoms with Gasteiger partial charge in [0.2, 0.25) is 0 Å². The van der Waals surface area contributed by atoms with E-state index in [4.69, 9.17) is 14.2 Å². The minimum Gasteiger partial charge on any atom is -0.497 e. The average molecular weight is 328 g/mol. The first-order valence-corrected chi connectivity index (χ1v) is 7.81. The molecule has 2 aromatic carbocycles. The third-order valence-corrected chi connectivity index (χ3v) is 3.87. The third-order valence-electron chi connectivity index (χ3n) is 3.87. The Morgan fingerprint density at radius 1 is 0.917 bits per heavy atom. The van der Waals surface area contributed by atoms with Gasteiger partial charge in [0.1, 0.15) is 22.8 Å². The summed E-state index contributed by atoms with van der Waals surface area (Å²) in [6.07, 6.45) is 0. The van der Waals surface area contributed by atoms with Crippen LogP contribution in [0.5, 0.6) is 17.2 Å². The van der Waals surface area contributed by atoms with Gasteiger partial charge in [0.15, 0.2) is 0 Å². The summed E-state index contributed by atoms with van der Waals surface area (Å²) in [5.41, 5.74) is 2.48. The van der Waals surface area contributed by atoms with Crippen molar-refractivity contribution in [1.82, 2.24) is 0 Å². The summed E-state index contributed by atoms with van der Waals surface area (Å²) in [7, 11) is 3.06. The number of aryl methyl sites for hydroxylation is 1. The molecule has 0 bridgehead atoms. The lowest BCUT2D eigenvalue weighted by Crippen LogP contribution is -2.13. The highest BCUT2D eigenvalue weighted by Gasteiger charge is 2.19. The predicted molar refractivity (Wildman–Crippen MR) is 94.4 cm³/mol. The van der Waals surface area contributed by atoms with Gasteiger partial charge in [-0.2, -0.15) is 0 Å². The molecule has 128 valence electrons. The molecule has 0 radical (unpaired) electrons. The molecule has 0 spiro atoms. The summed E-state index contributed by atoms with van der Waals surface area (Å²) in [6, 6.07) is 10.9. The summed E-state index contributed by atoms with van der Waals surface area (Å²) >= 11 is 0. The Morgan fingerprint density at radius 2 is 1.58 bits per heavy atom. The maximum absolute atomic E-state index is 12.5. The van der Waals surface area contributed by atoms with Crippen molar-refractivity contribution in [2.45, 2.75) is 33.1 Å². The highest BCUT2D eigenvalue weighted by atomic mass is 16.5. The fourth-order valence-electron chi connectivity index (χ4n) is 2.36. The van der Waals surface area contributed by atoms with Crippen molar-refractivity contribution in [3.05, 3.63) is 53.1 Å². The van der Waals surface area contributed by atoms with Crippen LogP contribution in [0.3, 0.4) is 0 Å². The molecule has 0 amide bonds. The summed E-state index contributed by atoms with van der Waals surface area (Å²) < 4.78 is 16.0. The molecular formula is C20H24O4. The van der Waals surface area contributed by atoms with Crippen LogP contribution in [0.2, 0.25) is 0 Å². The molecule has 0 fully saturated rings. The number of benzene rings is 2. The van der Waals surface area contributed by atoms with Gasteiger partial charge in [-0.25, -0.2) is 4.79 Å². The molecule has 0 atom stereocenters. The number of rotatable bonds is 4. The smallest absolute Gasteiger partial charge is 0.347 e. The quantitative estimate of drug-likeness (QED) is 0.611. The minimum absolute atomic E-state index is 0.0450. The molecule has 0 saturated heterocycles. The third kappa shape index (κ3) is 3.88. The number of carbonyl (C=O) groups is 1.